The van der Waals surface area contributed by atoms with Crippen molar-refractivity contribution in [2.45, 2.75) is 44.6 Å². The summed E-state index contributed by atoms with van der Waals surface area (Å²) in [6.45, 7) is 1.04. The van der Waals surface area contributed by atoms with Crippen molar-refractivity contribution in [3.05, 3.63) is 21.9 Å². The third kappa shape index (κ3) is 1.77. The Hall–Kier alpha value is -0.340. The Balaban J connectivity index is 1.60. The van der Waals surface area contributed by atoms with E-state index in [1.165, 1.54) is 30.6 Å². The second kappa shape index (κ2) is 4.35. The number of nitrogens with one attached hydrogen (secondary N) is 1. The van der Waals surface area contributed by atoms with Crippen molar-refractivity contribution in [1.82, 2.24) is 5.32 Å². The fourth-order valence-electron chi connectivity index (χ4n) is 5.23. The summed E-state index contributed by atoms with van der Waals surface area (Å²) in [5.74, 6) is 5.18. The quantitative estimate of drug-likeness (QED) is 0.867. The molecule has 1 heterocycles. The first-order valence-electron chi connectivity index (χ1n) is 7.56. The van der Waals surface area contributed by atoms with Gasteiger partial charge in [0.25, 0.3) is 0 Å². The molecule has 2 heteroatoms. The van der Waals surface area contributed by atoms with Crippen LogP contribution in [0.5, 0.6) is 0 Å². The molecule has 4 fully saturated rings. The summed E-state index contributed by atoms with van der Waals surface area (Å²) in [4.78, 5) is 3.22. The summed E-state index contributed by atoms with van der Waals surface area (Å²) in [5.41, 5.74) is 0. The van der Waals surface area contributed by atoms with Crippen molar-refractivity contribution in [1.29, 1.82) is 0 Å². The van der Waals surface area contributed by atoms with Crippen LogP contribution in [0.1, 0.15) is 47.8 Å². The molecule has 0 aromatic carbocycles. The molecule has 0 amide bonds. The molecule has 5 rings (SSSR count). The largest absolute Gasteiger partial charge is 0.315 e. The number of rotatable bonds is 3. The summed E-state index contributed by atoms with van der Waals surface area (Å²) >= 11 is 2.07. The highest BCUT2D eigenvalue weighted by Gasteiger charge is 2.48. The molecule has 4 aliphatic rings. The summed E-state index contributed by atoms with van der Waals surface area (Å²) in [6, 6.07) is 4.78. The van der Waals surface area contributed by atoms with Gasteiger partial charge in [-0.2, -0.15) is 0 Å². The first-order chi connectivity index (χ1) is 8.83. The molecule has 4 aliphatic carbocycles. The predicted octanol–water partition coefficient (Wildman–Crippen LogP) is 4.01. The Kier molecular flexibility index (Phi) is 2.77. The van der Waals surface area contributed by atoms with Crippen LogP contribution in [-0.4, -0.2) is 7.05 Å². The highest BCUT2D eigenvalue weighted by molar-refractivity contribution is 7.12. The van der Waals surface area contributed by atoms with Crippen LogP contribution in [0.3, 0.4) is 0 Å². The molecule has 1 aromatic rings. The van der Waals surface area contributed by atoms with Gasteiger partial charge in [0.15, 0.2) is 0 Å². The van der Waals surface area contributed by atoms with Gasteiger partial charge in [0.2, 0.25) is 0 Å². The van der Waals surface area contributed by atoms with Crippen LogP contribution >= 0.6 is 11.3 Å². The normalized spacial score (nSPS) is 41.5. The van der Waals surface area contributed by atoms with Crippen molar-refractivity contribution >= 4 is 11.3 Å². The van der Waals surface area contributed by atoms with Crippen molar-refractivity contribution in [3.63, 3.8) is 0 Å². The van der Waals surface area contributed by atoms with E-state index in [4.69, 9.17) is 0 Å². The number of thiophene rings is 1. The van der Waals surface area contributed by atoms with Crippen LogP contribution in [0.4, 0.5) is 0 Å². The Labute approximate surface area is 114 Å². The summed E-state index contributed by atoms with van der Waals surface area (Å²) in [7, 11) is 2.04. The minimum absolute atomic E-state index is 0.924. The van der Waals surface area contributed by atoms with Crippen LogP contribution < -0.4 is 5.32 Å². The molecule has 98 valence electrons. The van der Waals surface area contributed by atoms with Gasteiger partial charge in [0, 0.05) is 16.3 Å². The van der Waals surface area contributed by atoms with Gasteiger partial charge >= 0.3 is 0 Å². The van der Waals surface area contributed by atoms with E-state index in [-0.39, 0.29) is 0 Å². The molecule has 1 nitrogen and oxygen atoms in total. The zero-order chi connectivity index (χ0) is 12.1. The molecular formula is C16H23NS. The van der Waals surface area contributed by atoms with E-state index in [9.17, 15) is 0 Å². The summed E-state index contributed by atoms with van der Waals surface area (Å²) in [6.07, 6.45) is 7.72. The molecule has 18 heavy (non-hydrogen) atoms. The second-order valence-electron chi connectivity index (χ2n) is 6.79. The molecule has 0 spiro atoms. The Morgan fingerprint density at radius 3 is 2.33 bits per heavy atom. The molecule has 0 atom stereocenters. The first-order valence-corrected chi connectivity index (χ1v) is 8.38. The zero-order valence-corrected chi connectivity index (χ0v) is 12.0. The van der Waals surface area contributed by atoms with Gasteiger partial charge in [-0.1, -0.05) is 0 Å². The van der Waals surface area contributed by atoms with Gasteiger partial charge in [-0.15, -0.1) is 11.3 Å². The number of hydrogen-bond donors (Lipinski definition) is 1. The maximum absolute atomic E-state index is 3.28. The molecule has 4 saturated carbocycles. The average Bonchev–Trinajstić information content (AvgIpc) is 2.76. The van der Waals surface area contributed by atoms with E-state index in [1.54, 1.807) is 11.3 Å². The van der Waals surface area contributed by atoms with E-state index >= 15 is 0 Å². The molecule has 0 saturated heterocycles. The van der Waals surface area contributed by atoms with E-state index in [0.29, 0.717) is 0 Å². The van der Waals surface area contributed by atoms with Gasteiger partial charge in [-0.05, 0) is 80.9 Å². The maximum Gasteiger partial charge on any atom is 0.0296 e. The van der Waals surface area contributed by atoms with Gasteiger partial charge in [-0.3, -0.25) is 0 Å². The molecule has 1 aromatic heterocycles. The second-order valence-corrected chi connectivity index (χ2v) is 7.99. The molecule has 1 N–H and O–H groups in total. The minimum atomic E-state index is 0.924. The lowest BCUT2D eigenvalue weighted by molar-refractivity contribution is -0.00160. The van der Waals surface area contributed by atoms with E-state index in [0.717, 1.165) is 36.1 Å². The van der Waals surface area contributed by atoms with Crippen LogP contribution in [0.2, 0.25) is 0 Å². The zero-order valence-electron chi connectivity index (χ0n) is 11.2. The molecule has 0 aliphatic heterocycles. The monoisotopic (exact) mass is 261 g/mol. The third-order valence-electron chi connectivity index (χ3n) is 5.59. The van der Waals surface area contributed by atoms with Gasteiger partial charge in [-0.25, -0.2) is 0 Å². The Morgan fingerprint density at radius 1 is 1.06 bits per heavy atom. The molecule has 0 radical (unpaired) electrons. The van der Waals surface area contributed by atoms with Gasteiger partial charge < -0.3 is 5.32 Å². The van der Waals surface area contributed by atoms with Crippen molar-refractivity contribution in [2.24, 2.45) is 23.7 Å². The van der Waals surface area contributed by atoms with Crippen molar-refractivity contribution in [2.75, 3.05) is 7.05 Å². The number of hydrogen-bond acceptors (Lipinski definition) is 2. The predicted molar refractivity (Wildman–Crippen MR) is 76.9 cm³/mol. The van der Waals surface area contributed by atoms with E-state index in [1.807, 2.05) is 7.05 Å². The maximum atomic E-state index is 3.28. The van der Waals surface area contributed by atoms with E-state index < -0.39 is 0 Å². The van der Waals surface area contributed by atoms with Crippen LogP contribution in [0.25, 0.3) is 0 Å². The smallest absolute Gasteiger partial charge is 0.0296 e. The fourth-order valence-corrected chi connectivity index (χ4v) is 6.55. The Bertz CT molecular complexity index is 408. The Morgan fingerprint density at radius 2 is 1.72 bits per heavy atom. The van der Waals surface area contributed by atoms with Crippen LogP contribution in [0, 0.1) is 23.7 Å². The minimum Gasteiger partial charge on any atom is -0.315 e. The lowest BCUT2D eigenvalue weighted by Crippen LogP contribution is -2.43. The molecular weight excluding hydrogens is 238 g/mol. The van der Waals surface area contributed by atoms with Crippen LogP contribution in [0.15, 0.2) is 12.1 Å². The first kappa shape index (κ1) is 11.5. The van der Waals surface area contributed by atoms with E-state index in [2.05, 4.69) is 28.8 Å². The highest BCUT2D eigenvalue weighted by Crippen LogP contribution is 2.60. The summed E-state index contributed by atoms with van der Waals surface area (Å²) < 4.78 is 0. The fraction of sp³-hybridized carbons (Fsp3) is 0.750. The highest BCUT2D eigenvalue weighted by atomic mass is 32.1. The lowest BCUT2D eigenvalue weighted by atomic mass is 9.51. The lowest BCUT2D eigenvalue weighted by Gasteiger charge is -2.54. The van der Waals surface area contributed by atoms with Gasteiger partial charge in [0.05, 0.1) is 0 Å². The summed E-state index contributed by atoms with van der Waals surface area (Å²) in [5, 5.41) is 3.28. The molecule has 4 bridgehead atoms. The molecule has 0 unspecified atom stereocenters. The van der Waals surface area contributed by atoms with Crippen molar-refractivity contribution in [3.8, 4) is 0 Å². The van der Waals surface area contributed by atoms with Crippen molar-refractivity contribution < 1.29 is 0 Å². The van der Waals surface area contributed by atoms with Crippen LogP contribution in [-0.2, 0) is 6.54 Å². The standard InChI is InChI=1S/C16H23NS/c1-17-9-14-2-3-15(18-14)16-12-5-10-4-11(7-12)8-13(16)6-10/h2-3,10-13,16-17H,4-9H2,1H3. The third-order valence-corrected chi connectivity index (χ3v) is 6.78. The SMILES string of the molecule is CNCc1ccc(C2C3CC4CC(C3)CC2C4)s1. The van der Waals surface area contributed by atoms with Gasteiger partial charge in [0.1, 0.15) is 0 Å². The topological polar surface area (TPSA) is 12.0 Å². The average molecular weight is 261 g/mol.